The van der Waals surface area contributed by atoms with Gasteiger partial charge in [-0.15, -0.1) is 0 Å². The Balaban J connectivity index is 2.32. The van der Waals surface area contributed by atoms with Crippen molar-refractivity contribution in [1.82, 2.24) is 9.62 Å². The molecule has 0 radical (unpaired) electrons. The van der Waals surface area contributed by atoms with Gasteiger partial charge in [-0.1, -0.05) is 35.9 Å². The number of amides is 1. The van der Waals surface area contributed by atoms with Crippen LogP contribution in [0.3, 0.4) is 0 Å². The van der Waals surface area contributed by atoms with Gasteiger partial charge in [0, 0.05) is 14.1 Å². The van der Waals surface area contributed by atoms with Gasteiger partial charge < -0.3 is 5.32 Å². The van der Waals surface area contributed by atoms with Crippen molar-refractivity contribution in [2.45, 2.75) is 40.7 Å². The van der Waals surface area contributed by atoms with E-state index in [1.54, 1.807) is 6.07 Å². The summed E-state index contributed by atoms with van der Waals surface area (Å²) < 4.78 is 28.2. The van der Waals surface area contributed by atoms with E-state index in [1.807, 2.05) is 65.0 Å². The van der Waals surface area contributed by atoms with Crippen molar-refractivity contribution in [3.05, 3.63) is 64.2 Å². The van der Waals surface area contributed by atoms with Crippen LogP contribution in [0.1, 0.15) is 40.8 Å². The van der Waals surface area contributed by atoms with E-state index in [4.69, 9.17) is 0 Å². The summed E-state index contributed by atoms with van der Waals surface area (Å²) in [6, 6.07) is 11.4. The van der Waals surface area contributed by atoms with Crippen LogP contribution in [0.2, 0.25) is 0 Å². The molecule has 1 unspecified atom stereocenters. The van der Waals surface area contributed by atoms with Gasteiger partial charge in [0.05, 0.1) is 11.7 Å². The van der Waals surface area contributed by atoms with Gasteiger partial charge in [0.25, 0.3) is 0 Å². The Kier molecular flexibility index (Phi) is 7.08. The van der Waals surface area contributed by atoms with Gasteiger partial charge in [-0.25, -0.2) is 4.31 Å². The van der Waals surface area contributed by atoms with E-state index in [9.17, 15) is 13.2 Å². The molecule has 158 valence electrons. The van der Waals surface area contributed by atoms with Crippen LogP contribution in [0.4, 0.5) is 5.69 Å². The highest BCUT2D eigenvalue weighted by molar-refractivity contribution is 7.90. The number of nitrogens with one attached hydrogen (secondary N) is 1. The molecular formula is C22H31N3O3S. The van der Waals surface area contributed by atoms with E-state index in [1.165, 1.54) is 18.4 Å². The van der Waals surface area contributed by atoms with Gasteiger partial charge in [-0.2, -0.15) is 12.7 Å². The maximum Gasteiger partial charge on any atom is 0.304 e. The minimum Gasteiger partial charge on any atom is -0.348 e. The second-order valence-electron chi connectivity index (χ2n) is 7.74. The van der Waals surface area contributed by atoms with E-state index in [-0.39, 0.29) is 18.5 Å². The molecule has 0 aliphatic heterocycles. The number of hydrogen-bond acceptors (Lipinski definition) is 3. The van der Waals surface area contributed by atoms with E-state index in [0.717, 1.165) is 32.1 Å². The van der Waals surface area contributed by atoms with E-state index < -0.39 is 10.2 Å². The topological polar surface area (TPSA) is 69.7 Å². The number of hydrogen-bond donors (Lipinski definition) is 1. The van der Waals surface area contributed by atoms with Crippen molar-refractivity contribution in [2.24, 2.45) is 0 Å². The third-order valence-electron chi connectivity index (χ3n) is 4.94. The molecule has 2 rings (SSSR count). The molecule has 0 saturated carbocycles. The molecule has 1 amide bonds. The number of anilines is 1. The monoisotopic (exact) mass is 417 g/mol. The Morgan fingerprint density at radius 2 is 1.52 bits per heavy atom. The lowest BCUT2D eigenvalue weighted by atomic mass is 10.00. The molecule has 0 fully saturated rings. The van der Waals surface area contributed by atoms with Gasteiger partial charge >= 0.3 is 10.2 Å². The Morgan fingerprint density at radius 1 is 0.966 bits per heavy atom. The quantitative estimate of drug-likeness (QED) is 0.751. The molecule has 2 aromatic rings. The van der Waals surface area contributed by atoms with Crippen LogP contribution in [0.15, 0.2) is 36.4 Å². The van der Waals surface area contributed by atoms with Crippen LogP contribution < -0.4 is 9.62 Å². The predicted octanol–water partition coefficient (Wildman–Crippen LogP) is 3.41. The van der Waals surface area contributed by atoms with E-state index in [2.05, 4.69) is 5.32 Å². The highest BCUT2D eigenvalue weighted by Crippen LogP contribution is 2.25. The first-order valence-corrected chi connectivity index (χ1v) is 11.0. The predicted molar refractivity (Wildman–Crippen MR) is 118 cm³/mol. The summed E-state index contributed by atoms with van der Waals surface area (Å²) in [5.41, 5.74) is 5.43. The maximum absolute atomic E-state index is 13.0. The van der Waals surface area contributed by atoms with Crippen LogP contribution in [-0.4, -0.2) is 39.3 Å². The highest BCUT2D eigenvalue weighted by Gasteiger charge is 2.29. The Labute approximate surface area is 174 Å². The average Bonchev–Trinajstić information content (AvgIpc) is 2.63. The fourth-order valence-corrected chi connectivity index (χ4v) is 4.32. The highest BCUT2D eigenvalue weighted by atomic mass is 32.2. The SMILES string of the molecule is Cc1ccc(C)c(C(C)NC(=O)CN(c2cc(C)ccc2C)S(=O)(=O)N(C)C)c1. The van der Waals surface area contributed by atoms with Gasteiger partial charge in [0.2, 0.25) is 5.91 Å². The molecule has 0 heterocycles. The second kappa shape index (κ2) is 8.97. The maximum atomic E-state index is 13.0. The summed E-state index contributed by atoms with van der Waals surface area (Å²) in [7, 11) is -0.911. The molecule has 0 saturated heterocycles. The number of rotatable bonds is 7. The lowest BCUT2D eigenvalue weighted by molar-refractivity contribution is -0.120. The van der Waals surface area contributed by atoms with Crippen molar-refractivity contribution >= 4 is 21.8 Å². The fraction of sp³-hybridized carbons (Fsp3) is 0.409. The third kappa shape index (κ3) is 5.36. The molecular weight excluding hydrogens is 386 g/mol. The molecule has 6 nitrogen and oxygen atoms in total. The zero-order valence-corrected chi connectivity index (χ0v) is 19.1. The van der Waals surface area contributed by atoms with E-state index in [0.29, 0.717) is 5.69 Å². The third-order valence-corrected chi connectivity index (χ3v) is 6.74. The summed E-state index contributed by atoms with van der Waals surface area (Å²) in [5, 5.41) is 2.95. The van der Waals surface area contributed by atoms with Crippen LogP contribution in [0, 0.1) is 27.7 Å². The van der Waals surface area contributed by atoms with Crippen molar-refractivity contribution in [3.8, 4) is 0 Å². The Morgan fingerprint density at radius 3 is 2.10 bits per heavy atom. The summed E-state index contributed by atoms with van der Waals surface area (Å²) >= 11 is 0. The van der Waals surface area contributed by atoms with Crippen LogP contribution in [-0.2, 0) is 15.0 Å². The van der Waals surface area contributed by atoms with Crippen LogP contribution in [0.5, 0.6) is 0 Å². The van der Waals surface area contributed by atoms with Gasteiger partial charge in [0.15, 0.2) is 0 Å². The number of aryl methyl sites for hydroxylation is 4. The molecule has 1 N–H and O–H groups in total. The molecule has 0 bridgehead atoms. The first-order valence-electron chi connectivity index (χ1n) is 9.57. The molecule has 7 heteroatoms. The molecule has 0 aromatic heterocycles. The van der Waals surface area contributed by atoms with E-state index >= 15 is 0 Å². The van der Waals surface area contributed by atoms with Crippen LogP contribution >= 0.6 is 0 Å². The molecule has 29 heavy (non-hydrogen) atoms. The molecule has 0 aliphatic carbocycles. The minimum atomic E-state index is -3.84. The number of benzene rings is 2. The summed E-state index contributed by atoms with van der Waals surface area (Å²) in [6.45, 7) is 9.34. The molecule has 0 spiro atoms. The van der Waals surface area contributed by atoms with Crippen molar-refractivity contribution in [1.29, 1.82) is 0 Å². The first-order chi connectivity index (χ1) is 13.4. The second-order valence-corrected chi connectivity index (χ2v) is 9.80. The van der Waals surface area contributed by atoms with Gasteiger partial charge in [0.1, 0.15) is 6.54 Å². The zero-order chi connectivity index (χ0) is 21.9. The van der Waals surface area contributed by atoms with Crippen molar-refractivity contribution in [2.75, 3.05) is 24.9 Å². The zero-order valence-electron chi connectivity index (χ0n) is 18.3. The van der Waals surface area contributed by atoms with Crippen molar-refractivity contribution in [3.63, 3.8) is 0 Å². The molecule has 1 atom stereocenters. The Bertz CT molecular complexity index is 1000. The summed E-state index contributed by atoms with van der Waals surface area (Å²) in [5.74, 6) is -0.357. The number of carbonyl (C=O) groups excluding carboxylic acids is 1. The lowest BCUT2D eigenvalue weighted by Gasteiger charge is -2.29. The first kappa shape index (κ1) is 22.9. The number of carbonyl (C=O) groups is 1. The van der Waals surface area contributed by atoms with Crippen LogP contribution in [0.25, 0.3) is 0 Å². The van der Waals surface area contributed by atoms with Crippen molar-refractivity contribution < 1.29 is 13.2 Å². The normalized spacial score (nSPS) is 12.7. The number of nitrogens with zero attached hydrogens (tertiary/aromatic N) is 2. The minimum absolute atomic E-state index is 0.232. The summed E-state index contributed by atoms with van der Waals surface area (Å²) in [4.78, 5) is 12.8. The molecule has 0 aliphatic rings. The fourth-order valence-electron chi connectivity index (χ4n) is 3.20. The smallest absolute Gasteiger partial charge is 0.304 e. The average molecular weight is 418 g/mol. The molecule has 2 aromatic carbocycles. The Hall–Kier alpha value is -2.38. The lowest BCUT2D eigenvalue weighted by Crippen LogP contribution is -2.46. The van der Waals surface area contributed by atoms with Gasteiger partial charge in [-0.05, 0) is 62.9 Å². The van der Waals surface area contributed by atoms with Gasteiger partial charge in [-0.3, -0.25) is 4.79 Å². The summed E-state index contributed by atoms with van der Waals surface area (Å²) in [6.07, 6.45) is 0. The standard InChI is InChI=1S/C22H31N3O3S/c1-15-8-10-17(3)20(12-15)19(5)23-22(26)14-25(29(27,28)24(6)7)21-13-16(2)9-11-18(21)4/h8-13,19H,14H2,1-7H3,(H,23,26). The largest absolute Gasteiger partial charge is 0.348 e.